The van der Waals surface area contributed by atoms with Crippen LogP contribution in [0.3, 0.4) is 0 Å². The van der Waals surface area contributed by atoms with Gasteiger partial charge >= 0.3 is 0 Å². The van der Waals surface area contributed by atoms with E-state index in [1.54, 1.807) is 18.5 Å². The van der Waals surface area contributed by atoms with Gasteiger partial charge in [-0.3, -0.25) is 10.1 Å². The molecule has 1 fully saturated rings. The van der Waals surface area contributed by atoms with Gasteiger partial charge in [0.05, 0.1) is 16.4 Å². The monoisotopic (exact) mass is 470 g/mol. The van der Waals surface area contributed by atoms with Crippen molar-refractivity contribution in [3.63, 3.8) is 0 Å². The van der Waals surface area contributed by atoms with E-state index in [0.29, 0.717) is 28.0 Å². The summed E-state index contributed by atoms with van der Waals surface area (Å²) < 4.78 is 16.0. The fraction of sp³-hybridized carbons (Fsp3) is 0.308. The van der Waals surface area contributed by atoms with E-state index in [0.717, 1.165) is 60.5 Å². The summed E-state index contributed by atoms with van der Waals surface area (Å²) in [6.07, 6.45) is 8.85. The molecule has 0 saturated carbocycles. The summed E-state index contributed by atoms with van der Waals surface area (Å²) in [6.45, 7) is 2.67. The summed E-state index contributed by atoms with van der Waals surface area (Å²) in [6, 6.07) is 7.51. The summed E-state index contributed by atoms with van der Waals surface area (Å²) >= 11 is 0. The van der Waals surface area contributed by atoms with Crippen molar-refractivity contribution in [2.75, 3.05) is 32.1 Å². The van der Waals surface area contributed by atoms with Crippen LogP contribution in [0.15, 0.2) is 42.9 Å². The maximum absolute atomic E-state index is 16.0. The summed E-state index contributed by atoms with van der Waals surface area (Å²) in [5.41, 5.74) is 4.97. The molecule has 8 nitrogen and oxygen atoms in total. The first kappa shape index (κ1) is 21.7. The Hall–Kier alpha value is -3.85. The Morgan fingerprint density at radius 2 is 1.91 bits per heavy atom. The number of nitrogens with one attached hydrogen (secondary N) is 2. The van der Waals surface area contributed by atoms with Crippen LogP contribution < -0.4 is 4.90 Å². The average Bonchev–Trinajstić information content (AvgIpc) is 3.49. The number of anilines is 1. The van der Waals surface area contributed by atoms with Crippen molar-refractivity contribution in [3.8, 4) is 22.6 Å². The van der Waals surface area contributed by atoms with E-state index < -0.39 is 0 Å². The van der Waals surface area contributed by atoms with Gasteiger partial charge in [0.15, 0.2) is 11.6 Å². The van der Waals surface area contributed by atoms with E-state index in [1.807, 2.05) is 38.5 Å². The predicted octanol–water partition coefficient (Wildman–Crippen LogP) is 4.75. The van der Waals surface area contributed by atoms with E-state index in [-0.39, 0.29) is 5.82 Å². The largest absolute Gasteiger partial charge is 0.355 e. The summed E-state index contributed by atoms with van der Waals surface area (Å²) in [4.78, 5) is 21.5. The molecule has 2 N–H and O–H groups in total. The highest BCUT2D eigenvalue weighted by atomic mass is 19.1. The van der Waals surface area contributed by atoms with Gasteiger partial charge in [-0.15, -0.1) is 0 Å². The van der Waals surface area contributed by atoms with Crippen LogP contribution >= 0.6 is 0 Å². The number of aromatic nitrogens is 6. The molecule has 35 heavy (non-hydrogen) atoms. The molecule has 1 aromatic carbocycles. The molecule has 5 heterocycles. The first-order chi connectivity index (χ1) is 17.1. The molecule has 1 saturated heterocycles. The number of piperidine rings is 1. The van der Waals surface area contributed by atoms with Crippen molar-refractivity contribution in [1.82, 2.24) is 35.0 Å². The van der Waals surface area contributed by atoms with Crippen LogP contribution in [0.4, 0.5) is 10.2 Å². The highest BCUT2D eigenvalue weighted by Gasteiger charge is 2.22. The molecule has 4 aromatic heterocycles. The summed E-state index contributed by atoms with van der Waals surface area (Å²) in [5, 5.41) is 7.82. The third-order valence-corrected chi connectivity index (χ3v) is 6.53. The zero-order chi connectivity index (χ0) is 23.9. The number of halogens is 1. The zero-order valence-corrected chi connectivity index (χ0v) is 19.8. The van der Waals surface area contributed by atoms with Crippen molar-refractivity contribution in [2.24, 2.45) is 0 Å². The number of pyridine rings is 2. The Morgan fingerprint density at radius 1 is 1.06 bits per heavy atom. The van der Waals surface area contributed by atoms with E-state index in [4.69, 9.17) is 4.98 Å². The van der Waals surface area contributed by atoms with Crippen LogP contribution in [-0.2, 0) is 6.54 Å². The van der Waals surface area contributed by atoms with Crippen molar-refractivity contribution >= 4 is 27.8 Å². The third kappa shape index (κ3) is 3.91. The third-order valence-electron chi connectivity index (χ3n) is 6.53. The van der Waals surface area contributed by atoms with Gasteiger partial charge in [-0.25, -0.2) is 14.4 Å². The quantitative estimate of drug-likeness (QED) is 0.385. The van der Waals surface area contributed by atoms with E-state index in [9.17, 15) is 0 Å². The molecule has 1 aliphatic heterocycles. The van der Waals surface area contributed by atoms with Gasteiger partial charge in [-0.1, -0.05) is 0 Å². The minimum atomic E-state index is -0.343. The molecule has 1 aliphatic rings. The van der Waals surface area contributed by atoms with Gasteiger partial charge in [0, 0.05) is 49.4 Å². The lowest BCUT2D eigenvalue weighted by Gasteiger charge is -2.27. The van der Waals surface area contributed by atoms with Crippen molar-refractivity contribution in [1.29, 1.82) is 0 Å². The fourth-order valence-electron chi connectivity index (χ4n) is 4.92. The summed E-state index contributed by atoms with van der Waals surface area (Å²) in [7, 11) is 3.99. The van der Waals surface area contributed by atoms with Gasteiger partial charge in [0.2, 0.25) is 0 Å². The first-order valence-electron chi connectivity index (χ1n) is 11.9. The SMILES string of the molecule is CN(C)Cc1cncc(-c2ccc3[nH]nc(-c4nc5c(N6CCCCC6)nccc5[nH]4)c3c2F)c1. The van der Waals surface area contributed by atoms with E-state index in [1.165, 1.54) is 6.42 Å². The Kier molecular flexibility index (Phi) is 5.41. The molecule has 0 atom stereocenters. The number of benzene rings is 1. The molecule has 0 radical (unpaired) electrons. The number of aromatic amines is 2. The number of imidazole rings is 1. The Morgan fingerprint density at radius 3 is 2.74 bits per heavy atom. The molecule has 0 bridgehead atoms. The average molecular weight is 471 g/mol. The highest BCUT2D eigenvalue weighted by Crippen LogP contribution is 2.35. The van der Waals surface area contributed by atoms with Crippen LogP contribution in [0.1, 0.15) is 24.8 Å². The Bertz CT molecular complexity index is 1510. The second-order valence-electron chi connectivity index (χ2n) is 9.41. The van der Waals surface area contributed by atoms with Gasteiger partial charge in [0.25, 0.3) is 0 Å². The van der Waals surface area contributed by atoms with Gasteiger partial charge in [-0.2, -0.15) is 5.10 Å². The second-order valence-corrected chi connectivity index (χ2v) is 9.41. The van der Waals surface area contributed by atoms with Crippen molar-refractivity contribution < 1.29 is 4.39 Å². The van der Waals surface area contributed by atoms with Crippen LogP contribution in [0.5, 0.6) is 0 Å². The number of fused-ring (bicyclic) bond motifs is 2. The lowest BCUT2D eigenvalue weighted by molar-refractivity contribution is 0.402. The number of nitrogens with zero attached hydrogens (tertiary/aromatic N) is 6. The molecule has 178 valence electrons. The van der Waals surface area contributed by atoms with Crippen LogP contribution in [0.25, 0.3) is 44.6 Å². The minimum absolute atomic E-state index is 0.343. The zero-order valence-electron chi connectivity index (χ0n) is 19.8. The summed E-state index contributed by atoms with van der Waals surface area (Å²) in [5.74, 6) is 1.05. The van der Waals surface area contributed by atoms with Crippen LogP contribution in [0, 0.1) is 5.82 Å². The lowest BCUT2D eigenvalue weighted by atomic mass is 10.0. The molecular weight excluding hydrogens is 443 g/mol. The molecule has 0 spiro atoms. The molecule has 0 amide bonds. The molecule has 0 unspecified atom stereocenters. The first-order valence-corrected chi connectivity index (χ1v) is 11.9. The minimum Gasteiger partial charge on any atom is -0.355 e. The van der Waals surface area contributed by atoms with Crippen LogP contribution in [0.2, 0.25) is 0 Å². The molecule has 9 heteroatoms. The topological polar surface area (TPSA) is 89.6 Å². The van der Waals surface area contributed by atoms with Crippen molar-refractivity contribution in [2.45, 2.75) is 25.8 Å². The Balaban J connectivity index is 1.45. The maximum Gasteiger partial charge on any atom is 0.159 e. The smallest absolute Gasteiger partial charge is 0.159 e. The number of rotatable bonds is 5. The van der Waals surface area contributed by atoms with Crippen molar-refractivity contribution in [3.05, 3.63) is 54.2 Å². The standard InChI is InChI=1S/C26H27FN8/c1-34(2)15-16-12-17(14-28-13-16)18-6-7-19-21(22(18)27)24(33-32-19)25-30-20-8-9-29-26(23(20)31-25)35-10-4-3-5-11-35/h6-9,12-14H,3-5,10-11,15H2,1-2H3,(H,30,31)(H,32,33). The maximum atomic E-state index is 16.0. The van der Waals surface area contributed by atoms with Gasteiger partial charge in [-0.05, 0) is 63.2 Å². The van der Waals surface area contributed by atoms with E-state index >= 15 is 4.39 Å². The highest BCUT2D eigenvalue weighted by molar-refractivity contribution is 5.97. The van der Waals surface area contributed by atoms with Crippen LogP contribution in [-0.4, -0.2) is 62.2 Å². The Labute approximate surface area is 202 Å². The van der Waals surface area contributed by atoms with E-state index in [2.05, 4.69) is 34.9 Å². The fourth-order valence-corrected chi connectivity index (χ4v) is 4.92. The molecule has 6 rings (SSSR count). The lowest BCUT2D eigenvalue weighted by Crippen LogP contribution is -2.30. The number of hydrogen-bond acceptors (Lipinski definition) is 6. The molecule has 5 aromatic rings. The normalized spacial score (nSPS) is 14.5. The number of H-pyrrole nitrogens is 2. The van der Waals surface area contributed by atoms with Gasteiger partial charge < -0.3 is 14.8 Å². The second kappa shape index (κ2) is 8.74. The number of hydrogen-bond donors (Lipinski definition) is 2. The van der Waals surface area contributed by atoms with Gasteiger partial charge in [0.1, 0.15) is 17.0 Å². The predicted molar refractivity (Wildman–Crippen MR) is 136 cm³/mol. The molecular formula is C26H27FN8. The molecule has 0 aliphatic carbocycles.